The number of hydrogen-bond donors (Lipinski definition) is 0. The van der Waals surface area contributed by atoms with Crippen LogP contribution in [0, 0.1) is 0 Å². The second kappa shape index (κ2) is 7.35. The molecule has 5 rings (SSSR count). The Morgan fingerprint density at radius 2 is 1.62 bits per heavy atom. The van der Waals surface area contributed by atoms with Gasteiger partial charge in [0.25, 0.3) is 0 Å². The average Bonchev–Trinajstić information content (AvgIpc) is 3.34. The van der Waals surface area contributed by atoms with Gasteiger partial charge in [-0.05, 0) is 36.2 Å². The molecule has 1 amide bonds. The minimum atomic E-state index is -0.590. The number of carbonyl (C=O) groups excluding carboxylic acids is 1. The zero-order valence-electron chi connectivity index (χ0n) is 15.6. The van der Waals surface area contributed by atoms with Crippen LogP contribution in [0.2, 0.25) is 0 Å². The minimum Gasteiger partial charge on any atom is -0.447 e. The van der Waals surface area contributed by atoms with Gasteiger partial charge in [-0.25, -0.2) is 4.79 Å². The number of benzene rings is 2. The first kappa shape index (κ1) is 17.4. The fourth-order valence-corrected chi connectivity index (χ4v) is 3.70. The fourth-order valence-electron chi connectivity index (χ4n) is 3.70. The highest BCUT2D eigenvalue weighted by Gasteiger charge is 2.41. The number of amides is 1. The van der Waals surface area contributed by atoms with Crippen LogP contribution < -0.4 is 0 Å². The molecule has 0 N–H and O–H groups in total. The summed E-state index contributed by atoms with van der Waals surface area (Å²) in [6.45, 7) is 0.317. The molecule has 0 bridgehead atoms. The third-order valence-electron chi connectivity index (χ3n) is 5.05. The van der Waals surface area contributed by atoms with Gasteiger partial charge in [-0.1, -0.05) is 48.5 Å². The van der Waals surface area contributed by atoms with Crippen LogP contribution in [0.1, 0.15) is 17.4 Å². The zero-order valence-corrected chi connectivity index (χ0v) is 15.6. The van der Waals surface area contributed by atoms with Crippen molar-refractivity contribution in [2.75, 3.05) is 6.61 Å². The Bertz CT molecular complexity index is 1100. The Kier molecular flexibility index (Phi) is 4.40. The lowest BCUT2D eigenvalue weighted by molar-refractivity contribution is 0.125. The van der Waals surface area contributed by atoms with Crippen molar-refractivity contribution in [2.45, 2.75) is 18.6 Å². The lowest BCUT2D eigenvalue weighted by atomic mass is 10.1. The first-order valence-corrected chi connectivity index (χ1v) is 9.51. The summed E-state index contributed by atoms with van der Waals surface area (Å²) in [5.74, 6) is 0. The molecule has 0 aliphatic carbocycles. The highest BCUT2D eigenvalue weighted by Crippen LogP contribution is 2.29. The van der Waals surface area contributed by atoms with Gasteiger partial charge in [0.15, 0.2) is 6.17 Å². The summed E-state index contributed by atoms with van der Waals surface area (Å²) in [5.41, 5.74) is 3.35. The van der Waals surface area contributed by atoms with E-state index in [-0.39, 0.29) is 12.1 Å². The van der Waals surface area contributed by atoms with Crippen LogP contribution >= 0.6 is 0 Å². The van der Waals surface area contributed by atoms with E-state index in [1.54, 1.807) is 15.9 Å². The Morgan fingerprint density at radius 3 is 2.31 bits per heavy atom. The molecule has 4 aromatic rings. The van der Waals surface area contributed by atoms with E-state index in [1.807, 2.05) is 60.7 Å². The van der Waals surface area contributed by atoms with Gasteiger partial charge < -0.3 is 4.74 Å². The maximum Gasteiger partial charge on any atom is 0.412 e. The van der Waals surface area contributed by atoms with Crippen molar-refractivity contribution >= 4 is 17.1 Å². The molecule has 7 heteroatoms. The van der Waals surface area contributed by atoms with Crippen LogP contribution in [-0.4, -0.2) is 43.6 Å². The summed E-state index contributed by atoms with van der Waals surface area (Å²) in [6, 6.07) is 23.2. The molecular weight excluding hydrogens is 366 g/mol. The second-order valence-corrected chi connectivity index (χ2v) is 6.97. The largest absolute Gasteiger partial charge is 0.447 e. The van der Waals surface area contributed by atoms with Crippen LogP contribution in [0.25, 0.3) is 11.0 Å². The second-order valence-electron chi connectivity index (χ2n) is 6.97. The molecule has 0 spiro atoms. The van der Waals surface area contributed by atoms with E-state index < -0.39 is 6.17 Å². The quantitative estimate of drug-likeness (QED) is 0.526. The fraction of sp³-hybridized carbons (Fsp3) is 0.182. The number of cyclic esters (lactones) is 1. The number of hydrogen-bond acceptors (Lipinski definition) is 5. The number of nitrogens with zero attached hydrogens (tertiary/aromatic N) is 5. The topological polar surface area (TPSA) is 73.1 Å². The average molecular weight is 385 g/mol. The molecule has 7 nitrogen and oxygen atoms in total. The number of carbonyl (C=O) groups is 1. The van der Waals surface area contributed by atoms with Gasteiger partial charge >= 0.3 is 6.09 Å². The monoisotopic (exact) mass is 385 g/mol. The summed E-state index contributed by atoms with van der Waals surface area (Å²) in [5, 5.41) is 9.25. The summed E-state index contributed by atoms with van der Waals surface area (Å²) in [4.78, 5) is 20.6. The molecule has 0 radical (unpaired) electrons. The Labute approximate surface area is 167 Å². The predicted molar refractivity (Wildman–Crippen MR) is 107 cm³/mol. The number of pyridine rings is 1. The summed E-state index contributed by atoms with van der Waals surface area (Å²) >= 11 is 0. The maximum atomic E-state index is 12.8. The van der Waals surface area contributed by atoms with Crippen LogP contribution in [0.15, 0.2) is 79.0 Å². The van der Waals surface area contributed by atoms with Crippen molar-refractivity contribution in [3.05, 3.63) is 90.3 Å². The highest BCUT2D eigenvalue weighted by molar-refractivity contribution is 5.73. The molecule has 2 atom stereocenters. The van der Waals surface area contributed by atoms with Gasteiger partial charge in [0.05, 0.1) is 11.7 Å². The van der Waals surface area contributed by atoms with Crippen LogP contribution in [-0.2, 0) is 11.2 Å². The molecule has 1 unspecified atom stereocenters. The van der Waals surface area contributed by atoms with Crippen LogP contribution in [0.5, 0.6) is 0 Å². The van der Waals surface area contributed by atoms with E-state index in [0.717, 1.165) is 16.6 Å². The van der Waals surface area contributed by atoms with Crippen LogP contribution in [0.3, 0.4) is 0 Å². The van der Waals surface area contributed by atoms with Crippen molar-refractivity contribution < 1.29 is 9.53 Å². The lowest BCUT2D eigenvalue weighted by Gasteiger charge is -2.29. The standard InChI is InChI=1S/C22H19N5O2/c28-22-26(17(15-29-22)14-16-8-2-1-3-9-16)21(20-12-6-7-13-23-20)27-24-18-10-4-5-11-19(18)25-27/h1-13,17,21H,14-15H2/t17-,21?/m0/s1. The Balaban J connectivity index is 1.58. The highest BCUT2D eigenvalue weighted by atomic mass is 16.6. The molecule has 1 aliphatic heterocycles. The summed E-state index contributed by atoms with van der Waals surface area (Å²) in [6.07, 6.45) is 1.41. The Morgan fingerprint density at radius 1 is 0.931 bits per heavy atom. The van der Waals surface area contributed by atoms with E-state index in [2.05, 4.69) is 27.3 Å². The van der Waals surface area contributed by atoms with Gasteiger partial charge in [0.1, 0.15) is 17.6 Å². The van der Waals surface area contributed by atoms with E-state index in [1.165, 1.54) is 0 Å². The van der Waals surface area contributed by atoms with E-state index in [9.17, 15) is 4.79 Å². The molecule has 1 saturated heterocycles. The normalized spacial score (nSPS) is 17.4. The zero-order chi connectivity index (χ0) is 19.6. The van der Waals surface area contributed by atoms with Crippen molar-refractivity contribution in [3.8, 4) is 0 Å². The van der Waals surface area contributed by atoms with Gasteiger partial charge in [-0.3, -0.25) is 9.88 Å². The third-order valence-corrected chi connectivity index (χ3v) is 5.05. The van der Waals surface area contributed by atoms with Crippen molar-refractivity contribution in [2.24, 2.45) is 0 Å². The number of aromatic nitrogens is 4. The molecular formula is C22H19N5O2. The van der Waals surface area contributed by atoms with Gasteiger partial charge in [0, 0.05) is 6.20 Å². The van der Waals surface area contributed by atoms with Crippen molar-refractivity contribution in [3.63, 3.8) is 0 Å². The summed E-state index contributed by atoms with van der Waals surface area (Å²) < 4.78 is 5.44. The summed E-state index contributed by atoms with van der Waals surface area (Å²) in [7, 11) is 0. The van der Waals surface area contributed by atoms with Gasteiger partial charge in [-0.15, -0.1) is 0 Å². The lowest BCUT2D eigenvalue weighted by Crippen LogP contribution is -2.42. The van der Waals surface area contributed by atoms with Gasteiger partial charge in [0.2, 0.25) is 0 Å². The first-order chi connectivity index (χ1) is 14.3. The molecule has 144 valence electrons. The molecule has 29 heavy (non-hydrogen) atoms. The Hall–Kier alpha value is -3.74. The van der Waals surface area contributed by atoms with E-state index in [0.29, 0.717) is 18.7 Å². The van der Waals surface area contributed by atoms with E-state index in [4.69, 9.17) is 4.74 Å². The number of fused-ring (bicyclic) bond motifs is 1. The molecule has 3 heterocycles. The maximum absolute atomic E-state index is 12.8. The smallest absolute Gasteiger partial charge is 0.412 e. The molecule has 2 aromatic heterocycles. The number of ether oxygens (including phenoxy) is 1. The molecule has 2 aromatic carbocycles. The van der Waals surface area contributed by atoms with E-state index >= 15 is 0 Å². The molecule has 1 aliphatic rings. The predicted octanol–water partition coefficient (Wildman–Crippen LogP) is 3.44. The molecule has 0 saturated carbocycles. The first-order valence-electron chi connectivity index (χ1n) is 9.51. The molecule has 1 fully saturated rings. The number of rotatable bonds is 5. The SMILES string of the molecule is O=C1OC[C@H](Cc2ccccc2)N1C(c1ccccn1)n1nc2ccccc2n1. The van der Waals surface area contributed by atoms with Crippen LogP contribution in [0.4, 0.5) is 4.79 Å². The van der Waals surface area contributed by atoms with Crippen molar-refractivity contribution in [1.29, 1.82) is 0 Å². The third kappa shape index (κ3) is 3.31. The van der Waals surface area contributed by atoms with Gasteiger partial charge in [-0.2, -0.15) is 15.0 Å². The van der Waals surface area contributed by atoms with Crippen molar-refractivity contribution in [1.82, 2.24) is 24.9 Å². The minimum absolute atomic E-state index is 0.147.